The van der Waals surface area contributed by atoms with E-state index in [9.17, 15) is 5.11 Å². The number of aliphatic hydroxyl groups excluding tert-OH is 2. The van der Waals surface area contributed by atoms with Crippen LogP contribution in [0.1, 0.15) is 12.8 Å². The molecule has 3 nitrogen and oxygen atoms in total. The van der Waals surface area contributed by atoms with Crippen LogP contribution in [0.5, 0.6) is 0 Å². The van der Waals surface area contributed by atoms with Gasteiger partial charge in [-0.2, -0.15) is 0 Å². The van der Waals surface area contributed by atoms with Gasteiger partial charge >= 0.3 is 86.8 Å². The zero-order valence-corrected chi connectivity index (χ0v) is 10.6. The van der Waals surface area contributed by atoms with E-state index in [-0.39, 0.29) is 6.61 Å². The molecule has 2 radical (unpaired) electrons. The van der Waals surface area contributed by atoms with Crippen LogP contribution >= 0.6 is 0 Å². The zero-order chi connectivity index (χ0) is 8.97. The van der Waals surface area contributed by atoms with Crippen LogP contribution in [-0.4, -0.2) is 70.0 Å². The fraction of sp³-hybridized carbons (Fsp3) is 1.00. The van der Waals surface area contributed by atoms with Crippen molar-refractivity contribution in [2.75, 3.05) is 26.2 Å². The van der Waals surface area contributed by atoms with E-state index < -0.39 is 6.10 Å². The number of hydrogen-bond donors (Lipinski definition) is 2. The molecule has 2 N–H and O–H groups in total. The molecule has 4 heteroatoms. The Morgan fingerprint density at radius 3 is 2.50 bits per heavy atom. The molecule has 1 fully saturated rings. The van der Waals surface area contributed by atoms with Crippen molar-refractivity contribution in [1.29, 1.82) is 0 Å². The molecule has 1 rings (SSSR count). The van der Waals surface area contributed by atoms with Gasteiger partial charge in [-0.3, -0.25) is 0 Å². The van der Waals surface area contributed by atoms with Gasteiger partial charge in [0.2, 0.25) is 0 Å². The summed E-state index contributed by atoms with van der Waals surface area (Å²) in [5, 5.41) is 17.8. The van der Waals surface area contributed by atoms with Crippen molar-refractivity contribution in [1.82, 2.24) is 4.90 Å². The molecule has 70 valence electrons. The Morgan fingerprint density at radius 1 is 1.42 bits per heavy atom. The van der Waals surface area contributed by atoms with Crippen LogP contribution < -0.4 is 0 Å². The van der Waals surface area contributed by atoms with Gasteiger partial charge in [0.15, 0.2) is 0 Å². The third-order valence-electron chi connectivity index (χ3n) is 2.31. The molecule has 1 aliphatic heterocycles. The number of likely N-dealkylation sites (tertiary alicyclic amines) is 1. The fourth-order valence-corrected chi connectivity index (χ4v) is 2.34. The van der Waals surface area contributed by atoms with Crippen molar-refractivity contribution in [3.63, 3.8) is 0 Å². The second kappa shape index (κ2) is 5.42. The number of piperidine rings is 1. The maximum atomic E-state index is 9.19. The minimum absolute atomic E-state index is 0.111. The number of hydrogen-bond acceptors (Lipinski definition) is 3. The summed E-state index contributed by atoms with van der Waals surface area (Å²) in [5.41, 5.74) is 0. The van der Waals surface area contributed by atoms with Crippen LogP contribution in [0.2, 0.25) is 3.93 Å². The molecule has 0 aliphatic carbocycles. The first-order valence-electron chi connectivity index (χ1n) is 4.49. The summed E-state index contributed by atoms with van der Waals surface area (Å²) < 4.78 is 0.956. The van der Waals surface area contributed by atoms with E-state index in [1.165, 1.54) is 35.4 Å². The first-order valence-corrected chi connectivity index (χ1v) is 6.39. The van der Waals surface area contributed by atoms with E-state index in [0.29, 0.717) is 6.54 Å². The standard InChI is InChI=1S/C8H16NO2.Sn.H/c10-7-8(11)6-9-4-2-1-3-5-9;;/h1,8,10-11H,2-7H2;;. The van der Waals surface area contributed by atoms with Crippen molar-refractivity contribution in [3.8, 4) is 0 Å². The van der Waals surface area contributed by atoms with Crippen LogP contribution in [0.3, 0.4) is 0 Å². The Hall–Kier alpha value is 0.679. The third kappa shape index (κ3) is 3.60. The van der Waals surface area contributed by atoms with Crippen molar-refractivity contribution >= 4 is 22.5 Å². The van der Waals surface area contributed by atoms with E-state index in [4.69, 9.17) is 5.11 Å². The van der Waals surface area contributed by atoms with Crippen molar-refractivity contribution in [3.05, 3.63) is 0 Å². The van der Waals surface area contributed by atoms with Crippen LogP contribution in [0.4, 0.5) is 0 Å². The number of β-amino-alcohol motifs (C(OH)–C–C–N with tert-alkyl or cyclic N) is 1. The molecule has 1 heterocycles. The van der Waals surface area contributed by atoms with Gasteiger partial charge in [0.25, 0.3) is 0 Å². The minimum atomic E-state index is -0.546. The fourth-order valence-electron chi connectivity index (χ4n) is 1.49. The van der Waals surface area contributed by atoms with Gasteiger partial charge in [0.1, 0.15) is 0 Å². The molecule has 1 saturated heterocycles. The normalized spacial score (nSPS) is 24.2. The van der Waals surface area contributed by atoms with Crippen LogP contribution in [-0.2, 0) is 0 Å². The van der Waals surface area contributed by atoms with Gasteiger partial charge in [-0.15, -0.1) is 0 Å². The van der Waals surface area contributed by atoms with E-state index in [2.05, 4.69) is 4.90 Å². The SMILES string of the molecule is OCC(O)CN1CC[CH]([SnH])CC1. The zero-order valence-electron chi connectivity index (χ0n) is 7.32. The maximum absolute atomic E-state index is 9.19. The topological polar surface area (TPSA) is 43.7 Å². The second-order valence-corrected chi connectivity index (χ2v) is 6.17. The monoisotopic (exact) mass is 279 g/mol. The summed E-state index contributed by atoms with van der Waals surface area (Å²) in [6.07, 6.45) is 2.01. The van der Waals surface area contributed by atoms with Crippen molar-refractivity contribution in [2.24, 2.45) is 0 Å². The summed E-state index contributed by atoms with van der Waals surface area (Å²) in [6, 6.07) is 0. The van der Waals surface area contributed by atoms with E-state index >= 15 is 0 Å². The summed E-state index contributed by atoms with van der Waals surface area (Å²) in [4.78, 5) is 2.24. The molecule has 0 spiro atoms. The molecule has 1 unspecified atom stereocenters. The van der Waals surface area contributed by atoms with Gasteiger partial charge < -0.3 is 0 Å². The summed E-state index contributed by atoms with van der Waals surface area (Å²) >= 11 is 1.36. The molecule has 1 aliphatic rings. The molecule has 0 aromatic heterocycles. The molecule has 12 heavy (non-hydrogen) atoms. The summed E-state index contributed by atoms with van der Waals surface area (Å²) in [6.45, 7) is 2.73. The van der Waals surface area contributed by atoms with Gasteiger partial charge in [-0.25, -0.2) is 0 Å². The Labute approximate surface area is 86.8 Å². The predicted molar refractivity (Wildman–Crippen MR) is 49.7 cm³/mol. The van der Waals surface area contributed by atoms with E-state index in [1.54, 1.807) is 0 Å². The molecular weight excluding hydrogens is 261 g/mol. The second-order valence-electron chi connectivity index (χ2n) is 3.47. The van der Waals surface area contributed by atoms with E-state index in [1.807, 2.05) is 0 Å². The van der Waals surface area contributed by atoms with Crippen LogP contribution in [0.15, 0.2) is 0 Å². The summed E-state index contributed by atoms with van der Waals surface area (Å²) in [7, 11) is 0. The molecule has 0 aromatic rings. The van der Waals surface area contributed by atoms with Gasteiger partial charge in [0, 0.05) is 0 Å². The van der Waals surface area contributed by atoms with Crippen LogP contribution in [0.25, 0.3) is 0 Å². The first kappa shape index (κ1) is 10.8. The molecule has 0 bridgehead atoms. The Balaban J connectivity index is 2.17. The Kier molecular flexibility index (Phi) is 4.86. The van der Waals surface area contributed by atoms with Crippen LogP contribution in [0, 0.1) is 0 Å². The van der Waals surface area contributed by atoms with Gasteiger partial charge in [-0.05, 0) is 0 Å². The quantitative estimate of drug-likeness (QED) is 0.659. The Morgan fingerprint density at radius 2 is 2.00 bits per heavy atom. The molecule has 1 atom stereocenters. The Bertz CT molecular complexity index is 126. The third-order valence-corrected chi connectivity index (χ3v) is 4.21. The average Bonchev–Trinajstić information content (AvgIpc) is 2.09. The van der Waals surface area contributed by atoms with Gasteiger partial charge in [-0.1, -0.05) is 0 Å². The van der Waals surface area contributed by atoms with Crippen molar-refractivity contribution in [2.45, 2.75) is 22.9 Å². The molecule has 0 amide bonds. The first-order chi connectivity index (χ1) is 5.72. The molecule has 0 saturated carbocycles. The van der Waals surface area contributed by atoms with Gasteiger partial charge in [0.05, 0.1) is 0 Å². The van der Waals surface area contributed by atoms with Crippen molar-refractivity contribution < 1.29 is 10.2 Å². The van der Waals surface area contributed by atoms with E-state index in [0.717, 1.165) is 17.0 Å². The predicted octanol–water partition coefficient (Wildman–Crippen LogP) is -0.875. The number of aliphatic hydroxyl groups is 2. The molecular formula is C8H17NO2Sn. The summed E-state index contributed by atoms with van der Waals surface area (Å²) in [5.74, 6) is 0. The number of nitrogens with zero attached hydrogens (tertiary/aromatic N) is 1. The number of rotatable bonds is 3. The molecule has 0 aromatic carbocycles. The average molecular weight is 278 g/mol.